The fraction of sp³-hybridized carbons (Fsp3) is 0.833. The molecule has 0 aromatic rings. The molecule has 0 unspecified atom stereocenters. The maximum Gasteiger partial charge on any atom is 0.246 e. The average molecular weight is 255 g/mol. The number of rotatable bonds is 5. The summed E-state index contributed by atoms with van der Waals surface area (Å²) in [6.07, 6.45) is 2.13. The summed E-state index contributed by atoms with van der Waals surface area (Å²) in [7, 11) is 0. The van der Waals surface area contributed by atoms with Gasteiger partial charge in [-0.05, 0) is 19.8 Å². The Balaban J connectivity index is 1.60. The number of nitrogens with zero attached hydrogens (tertiary/aromatic N) is 1. The van der Waals surface area contributed by atoms with E-state index in [2.05, 4.69) is 10.6 Å². The Labute approximate surface area is 107 Å². The molecule has 0 aromatic carbocycles. The third-order valence-electron chi connectivity index (χ3n) is 3.45. The van der Waals surface area contributed by atoms with Gasteiger partial charge in [0, 0.05) is 26.2 Å². The third kappa shape index (κ3) is 3.43. The SMILES string of the molecule is CC1(OCC(=O)NCC(=O)N2CCCC2)CNC1. The number of carbonyl (C=O) groups is 2. The summed E-state index contributed by atoms with van der Waals surface area (Å²) in [5.41, 5.74) is -0.226. The van der Waals surface area contributed by atoms with Crippen molar-refractivity contribution >= 4 is 11.8 Å². The summed E-state index contributed by atoms with van der Waals surface area (Å²) in [5, 5.41) is 5.70. The van der Waals surface area contributed by atoms with Crippen LogP contribution in [0.4, 0.5) is 0 Å². The minimum Gasteiger partial charge on any atom is -0.363 e. The van der Waals surface area contributed by atoms with Crippen molar-refractivity contribution in [1.82, 2.24) is 15.5 Å². The highest BCUT2D eigenvalue weighted by Gasteiger charge is 2.33. The molecular weight excluding hydrogens is 234 g/mol. The van der Waals surface area contributed by atoms with Gasteiger partial charge in [0.25, 0.3) is 0 Å². The van der Waals surface area contributed by atoms with Crippen molar-refractivity contribution < 1.29 is 14.3 Å². The fourth-order valence-corrected chi connectivity index (χ4v) is 2.12. The molecule has 6 heteroatoms. The van der Waals surface area contributed by atoms with E-state index in [9.17, 15) is 9.59 Å². The van der Waals surface area contributed by atoms with E-state index >= 15 is 0 Å². The number of amides is 2. The molecule has 2 fully saturated rings. The van der Waals surface area contributed by atoms with E-state index in [0.717, 1.165) is 39.0 Å². The molecule has 2 N–H and O–H groups in total. The summed E-state index contributed by atoms with van der Waals surface area (Å²) in [6, 6.07) is 0. The number of ether oxygens (including phenoxy) is 1. The lowest BCUT2D eigenvalue weighted by molar-refractivity contribution is -0.138. The Hall–Kier alpha value is -1.14. The fourth-order valence-electron chi connectivity index (χ4n) is 2.12. The molecule has 2 heterocycles. The highest BCUT2D eigenvalue weighted by atomic mass is 16.5. The second-order valence-electron chi connectivity index (χ2n) is 5.21. The van der Waals surface area contributed by atoms with Gasteiger partial charge in [0.1, 0.15) is 6.61 Å². The van der Waals surface area contributed by atoms with Gasteiger partial charge in [-0.3, -0.25) is 9.59 Å². The van der Waals surface area contributed by atoms with Crippen LogP contribution in [0.2, 0.25) is 0 Å². The van der Waals surface area contributed by atoms with Gasteiger partial charge < -0.3 is 20.3 Å². The van der Waals surface area contributed by atoms with Crippen LogP contribution in [0, 0.1) is 0 Å². The molecule has 0 bridgehead atoms. The number of carbonyl (C=O) groups excluding carboxylic acids is 2. The summed E-state index contributed by atoms with van der Waals surface area (Å²) < 4.78 is 5.49. The topological polar surface area (TPSA) is 70.7 Å². The summed E-state index contributed by atoms with van der Waals surface area (Å²) in [5.74, 6) is -0.229. The zero-order valence-electron chi connectivity index (χ0n) is 10.8. The monoisotopic (exact) mass is 255 g/mol. The van der Waals surface area contributed by atoms with Crippen molar-refractivity contribution in [3.63, 3.8) is 0 Å². The van der Waals surface area contributed by atoms with Gasteiger partial charge in [-0.25, -0.2) is 0 Å². The number of hydrogen-bond acceptors (Lipinski definition) is 4. The average Bonchev–Trinajstić information content (AvgIpc) is 2.84. The van der Waals surface area contributed by atoms with E-state index in [0.29, 0.717) is 0 Å². The lowest BCUT2D eigenvalue weighted by atomic mass is 10.0. The third-order valence-corrected chi connectivity index (χ3v) is 3.45. The molecular formula is C12H21N3O3. The second kappa shape index (κ2) is 5.67. The van der Waals surface area contributed by atoms with Crippen LogP contribution in [0.15, 0.2) is 0 Å². The number of nitrogens with one attached hydrogen (secondary N) is 2. The first-order chi connectivity index (χ1) is 8.59. The van der Waals surface area contributed by atoms with Crippen LogP contribution in [0.3, 0.4) is 0 Å². The molecule has 2 saturated heterocycles. The van der Waals surface area contributed by atoms with Gasteiger partial charge in [-0.15, -0.1) is 0 Å². The van der Waals surface area contributed by atoms with Gasteiger partial charge in [-0.1, -0.05) is 0 Å². The first kappa shape index (κ1) is 13.3. The van der Waals surface area contributed by atoms with Crippen molar-refractivity contribution in [1.29, 1.82) is 0 Å². The Morgan fingerprint density at radius 3 is 2.56 bits per heavy atom. The predicted octanol–water partition coefficient (Wildman–Crippen LogP) is -0.896. The minimum atomic E-state index is -0.226. The Bertz CT molecular complexity index is 323. The van der Waals surface area contributed by atoms with Crippen molar-refractivity contribution in [3.05, 3.63) is 0 Å². The minimum absolute atomic E-state index is 0.00243. The highest BCUT2D eigenvalue weighted by molar-refractivity contribution is 5.85. The lowest BCUT2D eigenvalue weighted by Gasteiger charge is -2.38. The molecule has 2 aliphatic heterocycles. The summed E-state index contributed by atoms with van der Waals surface area (Å²) in [6.45, 7) is 5.23. The predicted molar refractivity (Wildman–Crippen MR) is 66.1 cm³/mol. The maximum absolute atomic E-state index is 11.7. The molecule has 0 saturated carbocycles. The highest BCUT2D eigenvalue weighted by Crippen LogP contribution is 2.14. The van der Waals surface area contributed by atoms with E-state index in [1.807, 2.05) is 6.92 Å². The zero-order valence-corrected chi connectivity index (χ0v) is 10.8. The quantitative estimate of drug-likeness (QED) is 0.668. The standard InChI is InChI=1S/C12H21N3O3/c1-12(8-13-9-12)18-7-10(16)14-6-11(17)15-4-2-3-5-15/h13H,2-9H2,1H3,(H,14,16). The molecule has 0 aliphatic carbocycles. The van der Waals surface area contributed by atoms with Crippen LogP contribution >= 0.6 is 0 Å². The molecule has 0 atom stereocenters. The van der Waals surface area contributed by atoms with Crippen LogP contribution in [0.5, 0.6) is 0 Å². The largest absolute Gasteiger partial charge is 0.363 e. The van der Waals surface area contributed by atoms with Gasteiger partial charge in [0.15, 0.2) is 0 Å². The van der Waals surface area contributed by atoms with Gasteiger partial charge in [0.2, 0.25) is 11.8 Å². The first-order valence-electron chi connectivity index (χ1n) is 6.48. The van der Waals surface area contributed by atoms with Crippen LogP contribution in [0.25, 0.3) is 0 Å². The Kier molecular flexibility index (Phi) is 4.19. The maximum atomic E-state index is 11.7. The zero-order chi connectivity index (χ0) is 13.0. The smallest absolute Gasteiger partial charge is 0.246 e. The van der Waals surface area contributed by atoms with Crippen LogP contribution in [-0.2, 0) is 14.3 Å². The van der Waals surface area contributed by atoms with Crippen LogP contribution in [-0.4, -0.2) is 61.6 Å². The molecule has 2 rings (SSSR count). The summed E-state index contributed by atoms with van der Waals surface area (Å²) >= 11 is 0. The van der Waals surface area contributed by atoms with E-state index in [1.54, 1.807) is 4.90 Å². The van der Waals surface area contributed by atoms with Crippen molar-refractivity contribution in [2.45, 2.75) is 25.4 Å². The van der Waals surface area contributed by atoms with Crippen molar-refractivity contribution in [3.8, 4) is 0 Å². The van der Waals surface area contributed by atoms with Crippen molar-refractivity contribution in [2.75, 3.05) is 39.3 Å². The molecule has 18 heavy (non-hydrogen) atoms. The molecule has 2 aliphatic rings. The first-order valence-corrected chi connectivity index (χ1v) is 6.48. The molecule has 102 valence electrons. The van der Waals surface area contributed by atoms with E-state index < -0.39 is 0 Å². The Morgan fingerprint density at radius 2 is 2.00 bits per heavy atom. The number of likely N-dealkylation sites (tertiary alicyclic amines) is 1. The van der Waals surface area contributed by atoms with E-state index in [1.165, 1.54) is 0 Å². The molecule has 2 amide bonds. The molecule has 0 spiro atoms. The van der Waals surface area contributed by atoms with Gasteiger partial charge in [-0.2, -0.15) is 0 Å². The number of hydrogen-bond donors (Lipinski definition) is 2. The van der Waals surface area contributed by atoms with Gasteiger partial charge in [0.05, 0.1) is 12.1 Å². The van der Waals surface area contributed by atoms with Crippen molar-refractivity contribution in [2.24, 2.45) is 0 Å². The molecule has 0 radical (unpaired) electrons. The second-order valence-corrected chi connectivity index (χ2v) is 5.21. The van der Waals surface area contributed by atoms with Crippen LogP contribution < -0.4 is 10.6 Å². The van der Waals surface area contributed by atoms with E-state index in [4.69, 9.17) is 4.74 Å². The molecule has 6 nitrogen and oxygen atoms in total. The molecule has 0 aromatic heterocycles. The van der Waals surface area contributed by atoms with Crippen LogP contribution in [0.1, 0.15) is 19.8 Å². The lowest BCUT2D eigenvalue weighted by Crippen LogP contribution is -2.59. The summed E-state index contributed by atoms with van der Waals surface area (Å²) in [4.78, 5) is 25.0. The Morgan fingerprint density at radius 1 is 1.33 bits per heavy atom. The normalized spacial score (nSPS) is 21.5. The van der Waals surface area contributed by atoms with Gasteiger partial charge >= 0.3 is 0 Å². The van der Waals surface area contributed by atoms with E-state index in [-0.39, 0.29) is 30.6 Å².